The molecule has 0 saturated heterocycles. The predicted molar refractivity (Wildman–Crippen MR) is 79.8 cm³/mol. The summed E-state index contributed by atoms with van der Waals surface area (Å²) in [5, 5.41) is 8.38. The molecule has 0 atom stereocenters. The Hall–Kier alpha value is -0.620. The predicted octanol–water partition coefficient (Wildman–Crippen LogP) is 3.50. The molecule has 1 aromatic carbocycles. The molecule has 100 valence electrons. The monoisotopic (exact) mass is 362 g/mol. The largest absolute Gasteiger partial charge is 0.480 e. The van der Waals surface area contributed by atoms with Gasteiger partial charge in [-0.05, 0) is 53.5 Å². The molecule has 0 fully saturated rings. The molecular weight excluding hydrogens is 343 g/mol. The van der Waals surface area contributed by atoms with Crippen molar-refractivity contribution in [2.24, 2.45) is 0 Å². The molecule has 0 spiro atoms. The lowest BCUT2D eigenvalue weighted by Gasteiger charge is -2.04. The number of rotatable bonds is 9. The topological polar surface area (TPSA) is 46.5 Å². The standard InChI is InChI=1S/C14H19IO3/c15-13-9-5-4-8-12(13)7-3-1-2-6-10-18-11-14(16)17/h4-5,8-9H,1-3,6-7,10-11H2,(H,16,17). The Balaban J connectivity index is 1.99. The Kier molecular flexibility index (Phi) is 8.00. The first-order valence-corrected chi connectivity index (χ1v) is 7.31. The van der Waals surface area contributed by atoms with E-state index in [0.717, 1.165) is 19.3 Å². The van der Waals surface area contributed by atoms with Crippen molar-refractivity contribution in [3.05, 3.63) is 33.4 Å². The van der Waals surface area contributed by atoms with E-state index in [-0.39, 0.29) is 6.61 Å². The van der Waals surface area contributed by atoms with E-state index >= 15 is 0 Å². The summed E-state index contributed by atoms with van der Waals surface area (Å²) in [4.78, 5) is 10.2. The first-order chi connectivity index (χ1) is 8.70. The molecule has 0 unspecified atom stereocenters. The van der Waals surface area contributed by atoms with Crippen LogP contribution in [0.4, 0.5) is 0 Å². The zero-order valence-corrected chi connectivity index (χ0v) is 12.6. The molecule has 0 bridgehead atoms. The highest BCUT2D eigenvalue weighted by Crippen LogP contribution is 2.14. The van der Waals surface area contributed by atoms with Gasteiger partial charge in [-0.15, -0.1) is 0 Å². The van der Waals surface area contributed by atoms with Gasteiger partial charge in [0.05, 0.1) is 0 Å². The maximum atomic E-state index is 10.2. The molecule has 0 aliphatic rings. The van der Waals surface area contributed by atoms with Crippen LogP contribution in [0.25, 0.3) is 0 Å². The minimum atomic E-state index is -0.895. The molecule has 0 amide bonds. The number of aliphatic carboxylic acids is 1. The van der Waals surface area contributed by atoms with Crippen LogP contribution >= 0.6 is 22.6 Å². The third kappa shape index (κ3) is 6.96. The van der Waals surface area contributed by atoms with E-state index in [4.69, 9.17) is 9.84 Å². The number of halogens is 1. The number of carbonyl (C=O) groups is 1. The molecule has 3 nitrogen and oxygen atoms in total. The fourth-order valence-electron chi connectivity index (χ4n) is 1.73. The van der Waals surface area contributed by atoms with Crippen molar-refractivity contribution in [1.82, 2.24) is 0 Å². The zero-order valence-electron chi connectivity index (χ0n) is 10.4. The second-order valence-electron chi connectivity index (χ2n) is 4.20. The SMILES string of the molecule is O=C(O)COCCCCCCc1ccccc1I. The van der Waals surface area contributed by atoms with Crippen LogP contribution in [-0.2, 0) is 16.0 Å². The van der Waals surface area contributed by atoms with Crippen LogP contribution in [0, 0.1) is 3.57 Å². The minimum absolute atomic E-state index is 0.178. The first kappa shape index (κ1) is 15.4. The van der Waals surface area contributed by atoms with Crippen molar-refractivity contribution in [3.63, 3.8) is 0 Å². The number of hydrogen-bond acceptors (Lipinski definition) is 2. The summed E-state index contributed by atoms with van der Waals surface area (Å²) in [6.07, 6.45) is 5.51. The highest BCUT2D eigenvalue weighted by molar-refractivity contribution is 14.1. The maximum Gasteiger partial charge on any atom is 0.329 e. The van der Waals surface area contributed by atoms with E-state index in [2.05, 4.69) is 46.9 Å². The molecule has 0 aromatic heterocycles. The fraction of sp³-hybridized carbons (Fsp3) is 0.500. The van der Waals surface area contributed by atoms with Gasteiger partial charge in [0, 0.05) is 10.2 Å². The number of hydrogen-bond donors (Lipinski definition) is 1. The van der Waals surface area contributed by atoms with Gasteiger partial charge in [0.15, 0.2) is 0 Å². The van der Waals surface area contributed by atoms with Crippen LogP contribution in [0.5, 0.6) is 0 Å². The summed E-state index contributed by atoms with van der Waals surface area (Å²) in [6.45, 7) is 0.372. The second kappa shape index (κ2) is 9.33. The van der Waals surface area contributed by atoms with Crippen LogP contribution in [0.3, 0.4) is 0 Å². The third-order valence-electron chi connectivity index (χ3n) is 2.67. The Morgan fingerprint density at radius 2 is 1.89 bits per heavy atom. The number of carboxylic acid groups (broad SMARTS) is 1. The number of ether oxygens (including phenoxy) is 1. The van der Waals surface area contributed by atoms with Gasteiger partial charge in [0.25, 0.3) is 0 Å². The third-order valence-corrected chi connectivity index (χ3v) is 3.72. The molecule has 1 aromatic rings. The number of carboxylic acids is 1. The lowest BCUT2D eigenvalue weighted by Crippen LogP contribution is -2.07. The van der Waals surface area contributed by atoms with Gasteiger partial charge in [-0.3, -0.25) is 0 Å². The molecular formula is C14H19IO3. The van der Waals surface area contributed by atoms with Crippen molar-refractivity contribution >= 4 is 28.6 Å². The van der Waals surface area contributed by atoms with Crippen LogP contribution < -0.4 is 0 Å². The summed E-state index contributed by atoms with van der Waals surface area (Å²) >= 11 is 2.37. The zero-order chi connectivity index (χ0) is 13.2. The van der Waals surface area contributed by atoms with Crippen LogP contribution in [0.15, 0.2) is 24.3 Å². The van der Waals surface area contributed by atoms with E-state index < -0.39 is 5.97 Å². The lowest BCUT2D eigenvalue weighted by molar-refractivity contribution is -0.142. The Morgan fingerprint density at radius 3 is 2.61 bits per heavy atom. The van der Waals surface area contributed by atoms with Crippen LogP contribution in [0.1, 0.15) is 31.2 Å². The highest BCUT2D eigenvalue weighted by Gasteiger charge is 1.99. The average molecular weight is 362 g/mol. The van der Waals surface area contributed by atoms with Crippen LogP contribution in [0.2, 0.25) is 0 Å². The summed E-state index contributed by atoms with van der Waals surface area (Å²) in [7, 11) is 0. The van der Waals surface area contributed by atoms with Gasteiger partial charge in [0.2, 0.25) is 0 Å². The molecule has 0 aliphatic carbocycles. The van der Waals surface area contributed by atoms with Gasteiger partial charge in [0.1, 0.15) is 6.61 Å². The van der Waals surface area contributed by atoms with Crippen molar-refractivity contribution in [2.45, 2.75) is 32.1 Å². The minimum Gasteiger partial charge on any atom is -0.480 e. The summed E-state index contributed by atoms with van der Waals surface area (Å²) in [5.41, 5.74) is 1.42. The smallest absolute Gasteiger partial charge is 0.329 e. The Bertz CT molecular complexity index is 366. The van der Waals surface area contributed by atoms with Gasteiger partial charge < -0.3 is 9.84 Å². The van der Waals surface area contributed by atoms with Crippen molar-refractivity contribution < 1.29 is 14.6 Å². The van der Waals surface area contributed by atoms with Gasteiger partial charge in [-0.1, -0.05) is 31.0 Å². The van der Waals surface area contributed by atoms with Gasteiger partial charge in [-0.25, -0.2) is 4.79 Å². The fourth-order valence-corrected chi connectivity index (χ4v) is 2.39. The number of aryl methyl sites for hydroxylation is 1. The first-order valence-electron chi connectivity index (χ1n) is 6.23. The van der Waals surface area contributed by atoms with Crippen LogP contribution in [-0.4, -0.2) is 24.3 Å². The molecule has 4 heteroatoms. The van der Waals surface area contributed by atoms with Gasteiger partial charge in [-0.2, -0.15) is 0 Å². The molecule has 0 radical (unpaired) electrons. The summed E-state index contributed by atoms with van der Waals surface area (Å²) < 4.78 is 6.31. The second-order valence-corrected chi connectivity index (χ2v) is 5.36. The number of unbranched alkanes of at least 4 members (excludes halogenated alkanes) is 3. The molecule has 18 heavy (non-hydrogen) atoms. The van der Waals surface area contributed by atoms with Crippen molar-refractivity contribution in [1.29, 1.82) is 0 Å². The van der Waals surface area contributed by atoms with Crippen molar-refractivity contribution in [3.8, 4) is 0 Å². The van der Waals surface area contributed by atoms with E-state index in [1.54, 1.807) is 0 Å². The Labute approximate surface area is 122 Å². The molecule has 0 saturated carbocycles. The van der Waals surface area contributed by atoms with E-state index in [0.29, 0.717) is 6.61 Å². The molecule has 0 aliphatic heterocycles. The van der Waals surface area contributed by atoms with E-state index in [9.17, 15) is 4.79 Å². The quantitative estimate of drug-likeness (QED) is 0.540. The van der Waals surface area contributed by atoms with Crippen molar-refractivity contribution in [2.75, 3.05) is 13.2 Å². The Morgan fingerprint density at radius 1 is 1.17 bits per heavy atom. The highest BCUT2D eigenvalue weighted by atomic mass is 127. The molecule has 1 N–H and O–H groups in total. The van der Waals surface area contributed by atoms with Gasteiger partial charge >= 0.3 is 5.97 Å². The normalized spacial score (nSPS) is 10.5. The maximum absolute atomic E-state index is 10.2. The summed E-state index contributed by atoms with van der Waals surface area (Å²) in [5.74, 6) is -0.895. The lowest BCUT2D eigenvalue weighted by atomic mass is 10.1. The van der Waals surface area contributed by atoms with E-state index in [1.165, 1.54) is 22.0 Å². The van der Waals surface area contributed by atoms with E-state index in [1.807, 2.05) is 0 Å². The number of benzene rings is 1. The molecule has 1 rings (SSSR count). The molecule has 0 heterocycles. The average Bonchev–Trinajstić information content (AvgIpc) is 2.34. The summed E-state index contributed by atoms with van der Waals surface area (Å²) in [6, 6.07) is 8.45.